The van der Waals surface area contributed by atoms with Crippen LogP contribution < -0.4 is 5.73 Å². The molecule has 20 heavy (non-hydrogen) atoms. The maximum atomic E-state index is 6.39. The number of likely N-dealkylation sites (N-methyl/N-ethyl adjacent to an activating group) is 1. The highest BCUT2D eigenvalue weighted by atomic mass is 16.5. The minimum atomic E-state index is 0.101. The van der Waals surface area contributed by atoms with E-state index in [1.807, 2.05) is 0 Å². The Bertz CT molecular complexity index is 460. The Balaban J connectivity index is 1.62. The van der Waals surface area contributed by atoms with Gasteiger partial charge in [0.1, 0.15) is 0 Å². The molecule has 2 N–H and O–H groups in total. The Morgan fingerprint density at radius 2 is 2.20 bits per heavy atom. The first-order valence-electron chi connectivity index (χ1n) is 7.96. The summed E-state index contributed by atoms with van der Waals surface area (Å²) in [6.45, 7) is 6.12. The van der Waals surface area contributed by atoms with Crippen LogP contribution in [0.1, 0.15) is 30.0 Å². The van der Waals surface area contributed by atoms with Gasteiger partial charge < -0.3 is 10.5 Å². The molecule has 0 spiro atoms. The maximum absolute atomic E-state index is 6.39. The van der Waals surface area contributed by atoms with Gasteiger partial charge in [0.25, 0.3) is 0 Å². The molecule has 2 atom stereocenters. The lowest BCUT2D eigenvalue weighted by atomic mass is 9.98. The second-order valence-corrected chi connectivity index (χ2v) is 6.13. The molecule has 1 aromatic rings. The number of ether oxygens (including phenoxy) is 1. The fraction of sp³-hybridized carbons (Fsp3) is 0.647. The summed E-state index contributed by atoms with van der Waals surface area (Å²) in [6, 6.07) is 7.01. The van der Waals surface area contributed by atoms with Crippen molar-refractivity contribution in [2.75, 3.05) is 26.2 Å². The fourth-order valence-corrected chi connectivity index (χ4v) is 3.43. The monoisotopic (exact) mass is 274 g/mol. The number of benzene rings is 1. The number of rotatable bonds is 4. The molecule has 3 rings (SSSR count). The highest BCUT2D eigenvalue weighted by molar-refractivity contribution is 5.35. The summed E-state index contributed by atoms with van der Waals surface area (Å²) in [6.07, 6.45) is 4.90. The van der Waals surface area contributed by atoms with Gasteiger partial charge in [-0.15, -0.1) is 0 Å². The number of morpholine rings is 1. The summed E-state index contributed by atoms with van der Waals surface area (Å²) < 4.78 is 5.87. The van der Waals surface area contributed by atoms with Crippen LogP contribution in [0.25, 0.3) is 0 Å². The number of nitrogens with two attached hydrogens (primary N) is 1. The predicted molar refractivity (Wildman–Crippen MR) is 82.0 cm³/mol. The molecule has 2 aliphatic rings. The highest BCUT2D eigenvalue weighted by Gasteiger charge is 2.25. The number of aryl methyl sites for hydroxylation is 2. The molecule has 3 heteroatoms. The predicted octanol–water partition coefficient (Wildman–Crippen LogP) is 1.77. The van der Waals surface area contributed by atoms with E-state index in [2.05, 4.69) is 30.0 Å². The molecular formula is C17H26N2O. The van der Waals surface area contributed by atoms with E-state index in [1.165, 1.54) is 36.0 Å². The van der Waals surface area contributed by atoms with Crippen molar-refractivity contribution >= 4 is 0 Å². The van der Waals surface area contributed by atoms with E-state index >= 15 is 0 Å². The number of nitrogens with zero attached hydrogens (tertiary/aromatic N) is 1. The summed E-state index contributed by atoms with van der Waals surface area (Å²) in [5, 5.41) is 0. The van der Waals surface area contributed by atoms with Crippen molar-refractivity contribution in [2.45, 2.75) is 44.8 Å². The zero-order valence-corrected chi connectivity index (χ0v) is 12.5. The van der Waals surface area contributed by atoms with Gasteiger partial charge in [0, 0.05) is 19.1 Å². The van der Waals surface area contributed by atoms with Gasteiger partial charge in [-0.2, -0.15) is 0 Å². The molecule has 1 fully saturated rings. The Morgan fingerprint density at radius 1 is 1.35 bits per heavy atom. The molecule has 110 valence electrons. The number of hydrogen-bond acceptors (Lipinski definition) is 3. The standard InChI is InChI=1S/C17H26N2O/c1-2-19-8-9-20-17(12-19)16(18)11-13-6-7-14-4-3-5-15(14)10-13/h6-7,10,16-17H,2-5,8-9,11-12,18H2,1H3. The van der Waals surface area contributed by atoms with E-state index in [1.54, 1.807) is 0 Å². The quantitative estimate of drug-likeness (QED) is 0.909. The van der Waals surface area contributed by atoms with E-state index in [0.717, 1.165) is 32.7 Å². The molecule has 0 radical (unpaired) electrons. The molecule has 3 nitrogen and oxygen atoms in total. The van der Waals surface area contributed by atoms with Crippen LogP contribution in [0.5, 0.6) is 0 Å². The average molecular weight is 274 g/mol. The Labute approximate surface area is 122 Å². The van der Waals surface area contributed by atoms with Gasteiger partial charge in [-0.05, 0) is 48.9 Å². The number of hydrogen-bond donors (Lipinski definition) is 1. The third kappa shape index (κ3) is 3.05. The van der Waals surface area contributed by atoms with Crippen LogP contribution in [0.15, 0.2) is 18.2 Å². The minimum absolute atomic E-state index is 0.101. The lowest BCUT2D eigenvalue weighted by molar-refractivity contribution is -0.0385. The first-order valence-corrected chi connectivity index (χ1v) is 7.96. The van der Waals surface area contributed by atoms with Crippen molar-refractivity contribution in [3.8, 4) is 0 Å². The Kier molecular flexibility index (Phi) is 4.39. The maximum Gasteiger partial charge on any atom is 0.0856 e. The second-order valence-electron chi connectivity index (χ2n) is 6.13. The Hall–Kier alpha value is -0.900. The summed E-state index contributed by atoms with van der Waals surface area (Å²) in [5.41, 5.74) is 10.8. The topological polar surface area (TPSA) is 38.5 Å². The lowest BCUT2D eigenvalue weighted by Gasteiger charge is -2.35. The third-order valence-electron chi connectivity index (χ3n) is 4.74. The molecule has 0 aromatic heterocycles. The molecule has 2 unspecified atom stereocenters. The average Bonchev–Trinajstić information content (AvgIpc) is 2.95. The van der Waals surface area contributed by atoms with Gasteiger partial charge in [-0.1, -0.05) is 25.1 Å². The Morgan fingerprint density at radius 3 is 3.05 bits per heavy atom. The van der Waals surface area contributed by atoms with Crippen molar-refractivity contribution in [3.05, 3.63) is 34.9 Å². The van der Waals surface area contributed by atoms with Gasteiger partial charge in [0.15, 0.2) is 0 Å². The molecule has 0 bridgehead atoms. The largest absolute Gasteiger partial charge is 0.374 e. The van der Waals surface area contributed by atoms with Crippen molar-refractivity contribution in [2.24, 2.45) is 5.73 Å². The lowest BCUT2D eigenvalue weighted by Crippen LogP contribution is -2.51. The van der Waals surface area contributed by atoms with Crippen LogP contribution in [0, 0.1) is 0 Å². The zero-order valence-electron chi connectivity index (χ0n) is 12.5. The smallest absolute Gasteiger partial charge is 0.0856 e. The summed E-state index contributed by atoms with van der Waals surface area (Å²) in [4.78, 5) is 2.43. The van der Waals surface area contributed by atoms with Crippen LogP contribution in [0.3, 0.4) is 0 Å². The van der Waals surface area contributed by atoms with Crippen LogP contribution in [0.2, 0.25) is 0 Å². The van der Waals surface area contributed by atoms with E-state index in [9.17, 15) is 0 Å². The minimum Gasteiger partial charge on any atom is -0.374 e. The third-order valence-corrected chi connectivity index (χ3v) is 4.74. The molecule has 1 aliphatic carbocycles. The van der Waals surface area contributed by atoms with Gasteiger partial charge in [-0.3, -0.25) is 4.90 Å². The van der Waals surface area contributed by atoms with Gasteiger partial charge >= 0.3 is 0 Å². The normalized spacial score (nSPS) is 24.6. The molecule has 1 saturated heterocycles. The number of fused-ring (bicyclic) bond motifs is 1. The van der Waals surface area contributed by atoms with Crippen LogP contribution >= 0.6 is 0 Å². The van der Waals surface area contributed by atoms with Crippen molar-refractivity contribution < 1.29 is 4.74 Å². The van der Waals surface area contributed by atoms with E-state index < -0.39 is 0 Å². The van der Waals surface area contributed by atoms with E-state index in [4.69, 9.17) is 10.5 Å². The second kappa shape index (κ2) is 6.25. The van der Waals surface area contributed by atoms with E-state index in [-0.39, 0.29) is 12.1 Å². The summed E-state index contributed by atoms with van der Waals surface area (Å²) in [7, 11) is 0. The van der Waals surface area contributed by atoms with Crippen molar-refractivity contribution in [3.63, 3.8) is 0 Å². The van der Waals surface area contributed by atoms with Crippen LogP contribution in [0.4, 0.5) is 0 Å². The van der Waals surface area contributed by atoms with Crippen molar-refractivity contribution in [1.82, 2.24) is 4.90 Å². The van der Waals surface area contributed by atoms with Gasteiger partial charge in [0.05, 0.1) is 12.7 Å². The van der Waals surface area contributed by atoms with Crippen molar-refractivity contribution in [1.29, 1.82) is 0 Å². The fourth-order valence-electron chi connectivity index (χ4n) is 3.43. The van der Waals surface area contributed by atoms with Crippen LogP contribution in [-0.4, -0.2) is 43.3 Å². The SMILES string of the molecule is CCN1CCOC(C(N)Cc2ccc3c(c2)CCC3)C1. The van der Waals surface area contributed by atoms with E-state index in [0.29, 0.717) is 0 Å². The van der Waals surface area contributed by atoms with Gasteiger partial charge in [-0.25, -0.2) is 0 Å². The molecule has 1 aromatic carbocycles. The van der Waals surface area contributed by atoms with Gasteiger partial charge in [0.2, 0.25) is 0 Å². The first kappa shape index (κ1) is 14.1. The highest BCUT2D eigenvalue weighted by Crippen LogP contribution is 2.23. The van der Waals surface area contributed by atoms with Crippen LogP contribution in [-0.2, 0) is 24.0 Å². The summed E-state index contributed by atoms with van der Waals surface area (Å²) in [5.74, 6) is 0. The molecule has 1 aliphatic heterocycles. The zero-order chi connectivity index (χ0) is 13.9. The molecule has 0 amide bonds. The molecular weight excluding hydrogens is 248 g/mol. The molecule has 0 saturated carbocycles. The summed E-state index contributed by atoms with van der Waals surface area (Å²) >= 11 is 0. The molecule has 1 heterocycles. The first-order chi connectivity index (χ1) is 9.76.